The molecule has 0 unspecified atom stereocenters. The SMILES string of the molecule is CC.CC1(C)NC(=O)CCC1=O. The van der Waals surface area contributed by atoms with E-state index in [0.717, 1.165) is 0 Å². The van der Waals surface area contributed by atoms with Crippen LogP contribution < -0.4 is 5.32 Å². The summed E-state index contributed by atoms with van der Waals surface area (Å²) in [6.45, 7) is 7.46. The average molecular weight is 171 g/mol. The van der Waals surface area contributed by atoms with Crippen molar-refractivity contribution in [1.82, 2.24) is 5.32 Å². The number of Topliss-reactive ketones (excluding diaryl/α,β-unsaturated/α-hetero) is 1. The normalized spacial score (nSPS) is 20.7. The molecule has 0 aromatic rings. The van der Waals surface area contributed by atoms with Crippen LogP contribution in [0.2, 0.25) is 0 Å². The van der Waals surface area contributed by atoms with E-state index in [1.807, 2.05) is 13.8 Å². The fourth-order valence-corrected chi connectivity index (χ4v) is 1.02. The summed E-state index contributed by atoms with van der Waals surface area (Å²) in [6, 6.07) is 0. The highest BCUT2D eigenvalue weighted by Gasteiger charge is 2.32. The minimum absolute atomic E-state index is 0.0235. The van der Waals surface area contributed by atoms with Crippen molar-refractivity contribution < 1.29 is 9.59 Å². The summed E-state index contributed by atoms with van der Waals surface area (Å²) < 4.78 is 0. The molecule has 1 rings (SSSR count). The number of nitrogens with one attached hydrogen (secondary N) is 1. The smallest absolute Gasteiger partial charge is 0.221 e. The zero-order valence-corrected chi connectivity index (χ0v) is 8.23. The van der Waals surface area contributed by atoms with E-state index in [2.05, 4.69) is 5.32 Å². The first-order valence-electron chi connectivity index (χ1n) is 4.37. The summed E-state index contributed by atoms with van der Waals surface area (Å²) in [5, 5.41) is 2.62. The lowest BCUT2D eigenvalue weighted by atomic mass is 9.91. The van der Waals surface area contributed by atoms with Crippen LogP contribution in [-0.2, 0) is 9.59 Å². The molecule has 1 fully saturated rings. The zero-order valence-electron chi connectivity index (χ0n) is 8.23. The Kier molecular flexibility index (Phi) is 3.93. The van der Waals surface area contributed by atoms with Crippen molar-refractivity contribution in [2.24, 2.45) is 0 Å². The van der Waals surface area contributed by atoms with Crippen molar-refractivity contribution in [3.05, 3.63) is 0 Å². The van der Waals surface area contributed by atoms with Crippen molar-refractivity contribution in [1.29, 1.82) is 0 Å². The monoisotopic (exact) mass is 171 g/mol. The number of piperidine rings is 1. The molecule has 0 aromatic heterocycles. The Morgan fingerprint density at radius 2 is 1.67 bits per heavy atom. The van der Waals surface area contributed by atoms with E-state index in [0.29, 0.717) is 12.8 Å². The van der Waals surface area contributed by atoms with Crippen molar-refractivity contribution in [3.8, 4) is 0 Å². The van der Waals surface area contributed by atoms with E-state index in [1.54, 1.807) is 13.8 Å². The average Bonchev–Trinajstić information content (AvgIpc) is 2.01. The van der Waals surface area contributed by atoms with Gasteiger partial charge in [0.05, 0.1) is 5.54 Å². The molecule has 0 aliphatic carbocycles. The molecule has 1 N–H and O–H groups in total. The van der Waals surface area contributed by atoms with Crippen LogP contribution in [0.5, 0.6) is 0 Å². The number of hydrogen-bond donors (Lipinski definition) is 1. The quantitative estimate of drug-likeness (QED) is 0.596. The van der Waals surface area contributed by atoms with Gasteiger partial charge in [0.1, 0.15) is 0 Å². The number of carbonyl (C=O) groups is 2. The number of amides is 1. The minimum Gasteiger partial charge on any atom is -0.344 e. The Balaban J connectivity index is 0.000000561. The summed E-state index contributed by atoms with van der Waals surface area (Å²) in [5.41, 5.74) is -0.630. The number of carbonyl (C=O) groups excluding carboxylic acids is 2. The van der Waals surface area contributed by atoms with Gasteiger partial charge < -0.3 is 5.32 Å². The Morgan fingerprint density at radius 3 is 2.00 bits per heavy atom. The lowest BCUT2D eigenvalue weighted by molar-refractivity contribution is -0.136. The van der Waals surface area contributed by atoms with Crippen molar-refractivity contribution in [3.63, 3.8) is 0 Å². The van der Waals surface area contributed by atoms with E-state index < -0.39 is 5.54 Å². The van der Waals surface area contributed by atoms with Crippen molar-refractivity contribution in [2.75, 3.05) is 0 Å². The van der Waals surface area contributed by atoms with Crippen LogP contribution in [-0.4, -0.2) is 17.2 Å². The van der Waals surface area contributed by atoms with Crippen LogP contribution >= 0.6 is 0 Å². The molecule has 1 amide bonds. The van der Waals surface area contributed by atoms with Gasteiger partial charge in [0.2, 0.25) is 5.91 Å². The van der Waals surface area contributed by atoms with Crippen LogP contribution in [0.25, 0.3) is 0 Å². The molecular formula is C9H17NO2. The van der Waals surface area contributed by atoms with Crippen molar-refractivity contribution in [2.45, 2.75) is 46.1 Å². The third kappa shape index (κ3) is 2.64. The lowest BCUT2D eigenvalue weighted by Crippen LogP contribution is -2.53. The molecule has 0 bridgehead atoms. The lowest BCUT2D eigenvalue weighted by Gasteiger charge is -2.28. The first-order valence-corrected chi connectivity index (χ1v) is 4.37. The summed E-state index contributed by atoms with van der Waals surface area (Å²) >= 11 is 0. The van der Waals surface area contributed by atoms with E-state index in [4.69, 9.17) is 0 Å². The molecular weight excluding hydrogens is 154 g/mol. The third-order valence-electron chi connectivity index (χ3n) is 1.73. The summed E-state index contributed by atoms with van der Waals surface area (Å²) in [5.74, 6) is 0.0942. The maximum atomic E-state index is 11.0. The van der Waals surface area contributed by atoms with Gasteiger partial charge in [-0.25, -0.2) is 0 Å². The fourth-order valence-electron chi connectivity index (χ4n) is 1.02. The van der Waals surface area contributed by atoms with Crippen LogP contribution in [0, 0.1) is 0 Å². The van der Waals surface area contributed by atoms with Crippen molar-refractivity contribution >= 4 is 11.7 Å². The number of ketones is 1. The van der Waals surface area contributed by atoms with E-state index >= 15 is 0 Å². The molecule has 0 atom stereocenters. The maximum absolute atomic E-state index is 11.0. The largest absolute Gasteiger partial charge is 0.344 e. The fraction of sp³-hybridized carbons (Fsp3) is 0.778. The van der Waals surface area contributed by atoms with Crippen LogP contribution in [0.4, 0.5) is 0 Å². The predicted molar refractivity (Wildman–Crippen MR) is 47.8 cm³/mol. The number of rotatable bonds is 0. The maximum Gasteiger partial charge on any atom is 0.221 e. The van der Waals surface area contributed by atoms with E-state index in [-0.39, 0.29) is 11.7 Å². The Morgan fingerprint density at radius 1 is 1.17 bits per heavy atom. The first-order chi connectivity index (χ1) is 5.52. The highest BCUT2D eigenvalue weighted by molar-refractivity contribution is 5.97. The third-order valence-corrected chi connectivity index (χ3v) is 1.73. The molecule has 3 heteroatoms. The Bertz CT molecular complexity index is 185. The molecule has 3 nitrogen and oxygen atoms in total. The Hall–Kier alpha value is -0.860. The standard InChI is InChI=1S/C7H11NO2.C2H6/c1-7(2)5(9)3-4-6(10)8-7;1-2/h3-4H2,1-2H3,(H,8,10);1-2H3. The van der Waals surface area contributed by atoms with E-state index in [1.165, 1.54) is 0 Å². The van der Waals surface area contributed by atoms with Crippen LogP contribution in [0.3, 0.4) is 0 Å². The van der Waals surface area contributed by atoms with Gasteiger partial charge in [-0.3, -0.25) is 9.59 Å². The molecule has 1 aliphatic heterocycles. The Labute approximate surface area is 73.5 Å². The van der Waals surface area contributed by atoms with Crippen LogP contribution in [0.1, 0.15) is 40.5 Å². The molecule has 0 spiro atoms. The molecule has 0 saturated carbocycles. The molecule has 12 heavy (non-hydrogen) atoms. The summed E-state index contributed by atoms with van der Waals surface area (Å²) in [4.78, 5) is 21.8. The summed E-state index contributed by atoms with van der Waals surface area (Å²) in [6.07, 6.45) is 0.737. The highest BCUT2D eigenvalue weighted by atomic mass is 16.2. The molecule has 0 aromatic carbocycles. The second-order valence-electron chi connectivity index (χ2n) is 3.10. The second kappa shape index (κ2) is 4.24. The van der Waals surface area contributed by atoms with Gasteiger partial charge in [-0.1, -0.05) is 13.8 Å². The molecule has 1 saturated heterocycles. The van der Waals surface area contributed by atoms with Gasteiger partial charge in [-0.15, -0.1) is 0 Å². The predicted octanol–water partition coefficient (Wildman–Crippen LogP) is 1.27. The van der Waals surface area contributed by atoms with Gasteiger partial charge >= 0.3 is 0 Å². The minimum atomic E-state index is -0.630. The van der Waals surface area contributed by atoms with Gasteiger partial charge in [-0.2, -0.15) is 0 Å². The molecule has 70 valence electrons. The zero-order chi connectivity index (χ0) is 9.78. The molecule has 1 heterocycles. The number of hydrogen-bond acceptors (Lipinski definition) is 2. The van der Waals surface area contributed by atoms with Crippen LogP contribution in [0.15, 0.2) is 0 Å². The van der Waals surface area contributed by atoms with Gasteiger partial charge in [-0.05, 0) is 13.8 Å². The summed E-state index contributed by atoms with van der Waals surface area (Å²) in [7, 11) is 0. The van der Waals surface area contributed by atoms with Gasteiger partial charge in [0.25, 0.3) is 0 Å². The molecule has 0 radical (unpaired) electrons. The topological polar surface area (TPSA) is 46.2 Å². The highest BCUT2D eigenvalue weighted by Crippen LogP contribution is 2.13. The second-order valence-corrected chi connectivity index (χ2v) is 3.10. The molecule has 1 aliphatic rings. The van der Waals surface area contributed by atoms with E-state index in [9.17, 15) is 9.59 Å². The van der Waals surface area contributed by atoms with Gasteiger partial charge in [0.15, 0.2) is 5.78 Å². The first kappa shape index (κ1) is 11.1. The van der Waals surface area contributed by atoms with Gasteiger partial charge in [0, 0.05) is 12.8 Å².